The van der Waals surface area contributed by atoms with Crippen LogP contribution in [0.5, 0.6) is 5.75 Å². The highest BCUT2D eigenvalue weighted by molar-refractivity contribution is 7.80. The molecule has 8 heteroatoms. The van der Waals surface area contributed by atoms with Crippen LogP contribution in [0.4, 0.5) is 11.4 Å². The number of ether oxygens (including phenoxy) is 1. The van der Waals surface area contributed by atoms with Crippen LogP contribution in [-0.2, 0) is 4.79 Å². The number of nitrogens with one attached hydrogen (secondary N) is 2. The molecule has 0 aliphatic carbocycles. The third kappa shape index (κ3) is 3.82. The van der Waals surface area contributed by atoms with E-state index in [1.54, 1.807) is 30.3 Å². The van der Waals surface area contributed by atoms with Gasteiger partial charge in [0.1, 0.15) is 11.7 Å². The fourth-order valence-corrected chi connectivity index (χ4v) is 5.38. The topological polar surface area (TPSA) is 53.6 Å². The van der Waals surface area contributed by atoms with E-state index in [0.717, 1.165) is 16.8 Å². The second-order valence-electron chi connectivity index (χ2n) is 8.41. The Morgan fingerprint density at radius 2 is 1.82 bits per heavy atom. The van der Waals surface area contributed by atoms with Crippen molar-refractivity contribution < 1.29 is 9.53 Å². The van der Waals surface area contributed by atoms with Crippen molar-refractivity contribution in [1.82, 2.24) is 5.32 Å². The smallest absolute Gasteiger partial charge is 0.236 e. The Morgan fingerprint density at radius 1 is 1.09 bits per heavy atom. The number of carbonyl (C=O) groups excluding carboxylic acids is 1. The lowest BCUT2D eigenvalue weighted by Gasteiger charge is -2.56. The highest BCUT2D eigenvalue weighted by Gasteiger charge is 2.59. The monoisotopic (exact) mass is 497 g/mol. The van der Waals surface area contributed by atoms with E-state index in [1.807, 2.05) is 55.1 Å². The number of thiocarbonyl (C=S) groups is 1. The van der Waals surface area contributed by atoms with E-state index >= 15 is 0 Å². The van der Waals surface area contributed by atoms with Gasteiger partial charge in [-0.05, 0) is 86.2 Å². The van der Waals surface area contributed by atoms with Gasteiger partial charge in [-0.25, -0.2) is 0 Å². The molecular formula is C25H21Cl2N3O2S. The van der Waals surface area contributed by atoms with E-state index in [1.165, 1.54) is 0 Å². The first kappa shape index (κ1) is 22.0. The summed E-state index contributed by atoms with van der Waals surface area (Å²) in [6.07, 6.45) is 0. The van der Waals surface area contributed by atoms with Gasteiger partial charge in [-0.15, -0.1) is 0 Å². The summed E-state index contributed by atoms with van der Waals surface area (Å²) in [4.78, 5) is 15.6. The summed E-state index contributed by atoms with van der Waals surface area (Å²) in [5.41, 5.74) is 2.27. The molecule has 0 spiro atoms. The fourth-order valence-electron chi connectivity index (χ4n) is 4.66. The minimum Gasteiger partial charge on any atom is -0.467 e. The van der Waals surface area contributed by atoms with Crippen molar-refractivity contribution in [2.24, 2.45) is 5.92 Å². The predicted molar refractivity (Wildman–Crippen MR) is 136 cm³/mol. The number of fused-ring (bicyclic) bond motifs is 4. The van der Waals surface area contributed by atoms with Crippen LogP contribution in [0, 0.1) is 12.8 Å². The number of anilines is 2. The van der Waals surface area contributed by atoms with Crippen molar-refractivity contribution in [2.75, 3.05) is 10.2 Å². The van der Waals surface area contributed by atoms with Crippen LogP contribution in [0.2, 0.25) is 10.0 Å². The largest absolute Gasteiger partial charge is 0.467 e. The molecule has 1 saturated heterocycles. The number of amides is 1. The van der Waals surface area contributed by atoms with E-state index in [2.05, 4.69) is 10.6 Å². The Hall–Kier alpha value is -2.80. The molecule has 2 aliphatic heterocycles. The van der Waals surface area contributed by atoms with Crippen LogP contribution in [-0.4, -0.2) is 16.7 Å². The van der Waals surface area contributed by atoms with E-state index in [4.69, 9.17) is 40.2 Å². The first-order valence-corrected chi connectivity index (χ1v) is 11.6. The molecule has 168 valence electrons. The summed E-state index contributed by atoms with van der Waals surface area (Å²) >= 11 is 18.1. The summed E-state index contributed by atoms with van der Waals surface area (Å²) in [6, 6.07) is 20.0. The lowest BCUT2D eigenvalue weighted by Crippen LogP contribution is -2.72. The van der Waals surface area contributed by atoms with Gasteiger partial charge >= 0.3 is 0 Å². The minimum absolute atomic E-state index is 0.205. The Kier molecular flexibility index (Phi) is 5.47. The van der Waals surface area contributed by atoms with Crippen LogP contribution >= 0.6 is 35.4 Å². The molecule has 3 atom stereocenters. The van der Waals surface area contributed by atoms with Gasteiger partial charge in [0, 0.05) is 27.0 Å². The van der Waals surface area contributed by atoms with Crippen LogP contribution in [0.3, 0.4) is 0 Å². The maximum absolute atomic E-state index is 13.7. The molecule has 0 radical (unpaired) electrons. The number of nitrogens with zero attached hydrogens (tertiary/aromatic N) is 1. The minimum atomic E-state index is -1.09. The molecule has 2 heterocycles. The maximum atomic E-state index is 13.7. The molecule has 0 aromatic heterocycles. The van der Waals surface area contributed by atoms with Crippen molar-refractivity contribution in [1.29, 1.82) is 0 Å². The third-order valence-corrected chi connectivity index (χ3v) is 6.90. The Balaban J connectivity index is 1.63. The molecule has 3 aromatic carbocycles. The summed E-state index contributed by atoms with van der Waals surface area (Å²) < 4.78 is 6.57. The molecule has 5 nitrogen and oxygen atoms in total. The van der Waals surface area contributed by atoms with Crippen molar-refractivity contribution >= 4 is 57.8 Å². The lowest BCUT2D eigenvalue weighted by atomic mass is 9.78. The van der Waals surface area contributed by atoms with Gasteiger partial charge in [-0.2, -0.15) is 0 Å². The Labute approximate surface area is 207 Å². The molecule has 5 rings (SSSR count). The van der Waals surface area contributed by atoms with Crippen LogP contribution in [0.25, 0.3) is 0 Å². The zero-order valence-electron chi connectivity index (χ0n) is 17.9. The highest BCUT2D eigenvalue weighted by atomic mass is 35.5. The van der Waals surface area contributed by atoms with Gasteiger partial charge < -0.3 is 15.4 Å². The molecular weight excluding hydrogens is 477 g/mol. The van der Waals surface area contributed by atoms with Crippen LogP contribution < -0.4 is 20.3 Å². The number of aryl methyl sites for hydroxylation is 1. The second kappa shape index (κ2) is 8.20. The van der Waals surface area contributed by atoms with E-state index in [9.17, 15) is 4.79 Å². The molecule has 0 unspecified atom stereocenters. The second-order valence-corrected chi connectivity index (χ2v) is 9.67. The molecule has 0 saturated carbocycles. The maximum Gasteiger partial charge on any atom is 0.236 e. The summed E-state index contributed by atoms with van der Waals surface area (Å²) in [6.45, 7) is 3.91. The predicted octanol–water partition coefficient (Wildman–Crippen LogP) is 6.10. The zero-order chi connectivity index (χ0) is 23.3. The molecule has 33 heavy (non-hydrogen) atoms. The third-order valence-electron chi connectivity index (χ3n) is 6.11. The van der Waals surface area contributed by atoms with Gasteiger partial charge in [0.2, 0.25) is 5.91 Å². The van der Waals surface area contributed by atoms with E-state index < -0.39 is 17.7 Å². The van der Waals surface area contributed by atoms with E-state index in [0.29, 0.717) is 26.6 Å². The Morgan fingerprint density at radius 3 is 2.55 bits per heavy atom. The first-order valence-electron chi connectivity index (χ1n) is 10.5. The van der Waals surface area contributed by atoms with Gasteiger partial charge in [-0.1, -0.05) is 35.3 Å². The number of carbonyl (C=O) groups is 1. The van der Waals surface area contributed by atoms with Crippen molar-refractivity contribution in [3.63, 3.8) is 0 Å². The molecule has 2 aliphatic rings. The van der Waals surface area contributed by atoms with Crippen molar-refractivity contribution in [3.05, 3.63) is 87.9 Å². The van der Waals surface area contributed by atoms with Gasteiger partial charge in [0.05, 0.1) is 6.04 Å². The lowest BCUT2D eigenvalue weighted by molar-refractivity contribution is -0.130. The molecule has 2 bridgehead atoms. The quantitative estimate of drug-likeness (QED) is 0.428. The zero-order valence-corrected chi connectivity index (χ0v) is 20.3. The van der Waals surface area contributed by atoms with Crippen LogP contribution in [0.1, 0.15) is 24.1 Å². The number of halogens is 2. The molecule has 2 N–H and O–H groups in total. The molecule has 3 aromatic rings. The van der Waals surface area contributed by atoms with Gasteiger partial charge in [0.25, 0.3) is 0 Å². The molecule has 1 fully saturated rings. The van der Waals surface area contributed by atoms with Crippen LogP contribution in [0.15, 0.2) is 66.7 Å². The summed E-state index contributed by atoms with van der Waals surface area (Å²) in [5.74, 6) is -0.190. The number of hydrogen-bond donors (Lipinski definition) is 2. The normalized spacial score (nSPS) is 23.3. The standard InChI is InChI=1S/C25H21Cl2N3O2S/c1-14-4-3-5-18(12-14)30-24(33)29-22-19-13-16(27)8-11-20(19)32-25(30,2)21(22)23(31)28-17-9-6-15(26)7-10-17/h3-13,21-22H,1-2H3,(H,28,31)(H,29,33)/t21-,22+,25+/m0/s1. The molecule has 1 amide bonds. The average molecular weight is 498 g/mol. The SMILES string of the molecule is Cc1cccc(N2C(=S)N[C@@H]3c4cc(Cl)ccc4O[C@]2(C)[C@@H]3C(=O)Nc2ccc(Cl)cc2)c1. The number of hydrogen-bond acceptors (Lipinski definition) is 3. The summed E-state index contributed by atoms with van der Waals surface area (Å²) in [7, 11) is 0. The van der Waals surface area contributed by atoms with Crippen molar-refractivity contribution in [2.45, 2.75) is 25.6 Å². The highest BCUT2D eigenvalue weighted by Crippen LogP contribution is 2.50. The van der Waals surface area contributed by atoms with Crippen molar-refractivity contribution in [3.8, 4) is 5.75 Å². The fraction of sp³-hybridized carbons (Fsp3) is 0.200. The number of benzene rings is 3. The number of rotatable bonds is 3. The van der Waals surface area contributed by atoms with E-state index in [-0.39, 0.29) is 5.91 Å². The Bertz CT molecular complexity index is 1270. The van der Waals surface area contributed by atoms with Gasteiger partial charge in [0.15, 0.2) is 10.8 Å². The average Bonchev–Trinajstić information content (AvgIpc) is 2.75. The van der Waals surface area contributed by atoms with Gasteiger partial charge in [-0.3, -0.25) is 9.69 Å². The summed E-state index contributed by atoms with van der Waals surface area (Å²) in [5, 5.41) is 8.04. The first-order chi connectivity index (χ1) is 15.8.